The number of rotatable bonds is 4. The normalized spacial score (nSPS) is 10.6. The molecule has 1 heterocycles. The molecule has 4 aromatic rings. The fourth-order valence-corrected chi connectivity index (χ4v) is 3.46. The Morgan fingerprint density at radius 2 is 1.93 bits per heavy atom. The number of carbonyl (C=O) groups excluding carboxylic acids is 1. The third kappa shape index (κ3) is 4.50. The van der Waals surface area contributed by atoms with E-state index in [2.05, 4.69) is 31.5 Å². The number of anilines is 1. The Hall–Kier alpha value is -3.23. The quantitative estimate of drug-likeness (QED) is 0.380. The molecule has 0 spiro atoms. The summed E-state index contributed by atoms with van der Waals surface area (Å²) in [6.07, 6.45) is 0. The van der Waals surface area contributed by atoms with Gasteiger partial charge in [-0.1, -0.05) is 28.1 Å². The summed E-state index contributed by atoms with van der Waals surface area (Å²) in [5, 5.41) is 5.88. The van der Waals surface area contributed by atoms with Gasteiger partial charge in [0, 0.05) is 27.4 Å². The van der Waals surface area contributed by atoms with Crippen LogP contribution >= 0.6 is 28.1 Å². The van der Waals surface area contributed by atoms with E-state index in [0.29, 0.717) is 34.0 Å². The van der Waals surface area contributed by atoms with Crippen molar-refractivity contribution in [2.75, 3.05) is 12.4 Å². The first-order chi connectivity index (χ1) is 14.5. The molecule has 3 aromatic carbocycles. The number of aromatic nitrogens is 1. The number of halogens is 1. The molecule has 1 aromatic heterocycles. The number of hydrogen-bond acceptors (Lipinski definition) is 5. The van der Waals surface area contributed by atoms with Gasteiger partial charge in [-0.25, -0.2) is 4.98 Å². The lowest BCUT2D eigenvalue weighted by atomic mass is 10.2. The number of thiocarbonyl (C=S) groups is 1. The Bertz CT molecular complexity index is 1260. The Morgan fingerprint density at radius 3 is 2.73 bits per heavy atom. The van der Waals surface area contributed by atoms with Gasteiger partial charge in [-0.3, -0.25) is 10.1 Å². The first-order valence-corrected chi connectivity index (χ1v) is 10.1. The molecule has 0 bridgehead atoms. The van der Waals surface area contributed by atoms with E-state index in [0.717, 1.165) is 10.0 Å². The maximum atomic E-state index is 12.3. The Morgan fingerprint density at radius 1 is 1.10 bits per heavy atom. The molecule has 0 aliphatic heterocycles. The maximum absolute atomic E-state index is 12.3. The van der Waals surface area contributed by atoms with Crippen molar-refractivity contribution < 1.29 is 13.9 Å². The smallest absolute Gasteiger partial charge is 0.257 e. The first kappa shape index (κ1) is 20.1. The summed E-state index contributed by atoms with van der Waals surface area (Å²) >= 11 is 8.63. The standard InChI is InChI=1S/C22H16BrN3O3S/c1-28-17-8-9-19-18(12-17)25-21(29-19)14-5-3-7-16(11-14)24-22(30)26-20(27)13-4-2-6-15(23)10-13/h2-12H,1H3,(H2,24,26,27,30). The number of methoxy groups -OCH3 is 1. The van der Waals surface area contributed by atoms with E-state index in [1.807, 2.05) is 48.5 Å². The van der Waals surface area contributed by atoms with E-state index in [1.165, 1.54) is 0 Å². The second-order valence-electron chi connectivity index (χ2n) is 6.35. The first-order valence-electron chi connectivity index (χ1n) is 8.95. The average molecular weight is 482 g/mol. The maximum Gasteiger partial charge on any atom is 0.257 e. The second kappa shape index (κ2) is 8.64. The number of oxazole rings is 1. The van der Waals surface area contributed by atoms with Gasteiger partial charge in [-0.2, -0.15) is 0 Å². The monoisotopic (exact) mass is 481 g/mol. The van der Waals surface area contributed by atoms with E-state index in [-0.39, 0.29) is 11.0 Å². The summed E-state index contributed by atoms with van der Waals surface area (Å²) in [4.78, 5) is 16.9. The van der Waals surface area contributed by atoms with Crippen molar-refractivity contribution in [2.24, 2.45) is 0 Å². The van der Waals surface area contributed by atoms with E-state index in [9.17, 15) is 4.79 Å². The molecule has 2 N–H and O–H groups in total. The molecule has 0 atom stereocenters. The van der Waals surface area contributed by atoms with Gasteiger partial charge in [-0.05, 0) is 60.7 Å². The van der Waals surface area contributed by atoms with Crippen molar-refractivity contribution >= 4 is 56.0 Å². The molecular weight excluding hydrogens is 466 g/mol. The molecular formula is C22H16BrN3O3S. The zero-order valence-electron chi connectivity index (χ0n) is 15.8. The number of fused-ring (bicyclic) bond motifs is 1. The molecule has 8 heteroatoms. The molecule has 0 radical (unpaired) electrons. The van der Waals surface area contributed by atoms with Crippen LogP contribution in [-0.4, -0.2) is 23.1 Å². The number of ether oxygens (including phenoxy) is 1. The van der Waals surface area contributed by atoms with Crippen molar-refractivity contribution in [2.45, 2.75) is 0 Å². The summed E-state index contributed by atoms with van der Waals surface area (Å²) in [6.45, 7) is 0. The minimum absolute atomic E-state index is 0.194. The van der Waals surface area contributed by atoms with Crippen molar-refractivity contribution in [1.29, 1.82) is 0 Å². The molecule has 0 saturated heterocycles. The van der Waals surface area contributed by atoms with Gasteiger partial charge in [0.2, 0.25) is 5.89 Å². The van der Waals surface area contributed by atoms with Gasteiger partial charge in [0.1, 0.15) is 11.3 Å². The van der Waals surface area contributed by atoms with Crippen molar-refractivity contribution in [3.63, 3.8) is 0 Å². The molecule has 6 nitrogen and oxygen atoms in total. The predicted molar refractivity (Wildman–Crippen MR) is 124 cm³/mol. The summed E-state index contributed by atoms with van der Waals surface area (Å²) < 4.78 is 11.9. The van der Waals surface area contributed by atoms with Crippen LogP contribution in [0.3, 0.4) is 0 Å². The minimum Gasteiger partial charge on any atom is -0.497 e. The van der Waals surface area contributed by atoms with Gasteiger partial charge in [0.15, 0.2) is 10.7 Å². The highest BCUT2D eigenvalue weighted by atomic mass is 79.9. The average Bonchev–Trinajstić information content (AvgIpc) is 3.17. The molecule has 0 saturated carbocycles. The third-order valence-corrected chi connectivity index (χ3v) is 4.97. The summed E-state index contributed by atoms with van der Waals surface area (Å²) in [7, 11) is 1.61. The minimum atomic E-state index is -0.294. The van der Waals surface area contributed by atoms with Crippen LogP contribution in [0.25, 0.3) is 22.6 Å². The molecule has 0 aliphatic carbocycles. The highest BCUT2D eigenvalue weighted by molar-refractivity contribution is 9.10. The summed E-state index contributed by atoms with van der Waals surface area (Å²) in [6, 6.07) is 20.0. The Labute approximate surface area is 186 Å². The number of nitrogens with zero attached hydrogens (tertiary/aromatic N) is 1. The fraction of sp³-hybridized carbons (Fsp3) is 0.0455. The van der Waals surface area contributed by atoms with Crippen LogP contribution < -0.4 is 15.4 Å². The van der Waals surface area contributed by atoms with Crippen molar-refractivity contribution in [1.82, 2.24) is 10.3 Å². The van der Waals surface area contributed by atoms with Crippen LogP contribution in [0, 0.1) is 0 Å². The zero-order valence-corrected chi connectivity index (χ0v) is 18.2. The largest absolute Gasteiger partial charge is 0.497 e. The van der Waals surface area contributed by atoms with E-state index >= 15 is 0 Å². The Balaban J connectivity index is 1.49. The van der Waals surface area contributed by atoms with Crippen LogP contribution in [0.15, 0.2) is 75.6 Å². The van der Waals surface area contributed by atoms with E-state index < -0.39 is 0 Å². The van der Waals surface area contributed by atoms with Gasteiger partial charge >= 0.3 is 0 Å². The van der Waals surface area contributed by atoms with E-state index in [4.69, 9.17) is 21.4 Å². The Kier molecular flexibility index (Phi) is 5.78. The molecule has 1 amide bonds. The molecule has 0 unspecified atom stereocenters. The highest BCUT2D eigenvalue weighted by Gasteiger charge is 2.11. The molecule has 0 fully saturated rings. The van der Waals surface area contributed by atoms with Crippen LogP contribution in [-0.2, 0) is 0 Å². The predicted octanol–water partition coefficient (Wildman–Crippen LogP) is 5.39. The van der Waals surface area contributed by atoms with Crippen LogP contribution in [0.2, 0.25) is 0 Å². The lowest BCUT2D eigenvalue weighted by Gasteiger charge is -2.10. The highest BCUT2D eigenvalue weighted by Crippen LogP contribution is 2.28. The van der Waals surface area contributed by atoms with Gasteiger partial charge in [-0.15, -0.1) is 0 Å². The number of amides is 1. The molecule has 4 rings (SSSR count). The lowest BCUT2D eigenvalue weighted by molar-refractivity contribution is 0.0977. The number of nitrogens with one attached hydrogen (secondary N) is 2. The van der Waals surface area contributed by atoms with Gasteiger partial charge < -0.3 is 14.5 Å². The number of hydrogen-bond donors (Lipinski definition) is 2. The third-order valence-electron chi connectivity index (χ3n) is 4.28. The van der Waals surface area contributed by atoms with Crippen molar-refractivity contribution in [3.8, 4) is 17.2 Å². The fourth-order valence-electron chi connectivity index (χ4n) is 2.86. The second-order valence-corrected chi connectivity index (χ2v) is 7.68. The number of benzene rings is 3. The van der Waals surface area contributed by atoms with Gasteiger partial charge in [0.05, 0.1) is 7.11 Å². The number of carbonyl (C=O) groups is 1. The zero-order chi connectivity index (χ0) is 21.1. The summed E-state index contributed by atoms with van der Waals surface area (Å²) in [5.41, 5.74) is 3.35. The molecule has 150 valence electrons. The lowest BCUT2D eigenvalue weighted by Crippen LogP contribution is -2.34. The van der Waals surface area contributed by atoms with Crippen LogP contribution in [0.4, 0.5) is 5.69 Å². The van der Waals surface area contributed by atoms with E-state index in [1.54, 1.807) is 25.3 Å². The topological polar surface area (TPSA) is 76.4 Å². The SMILES string of the molecule is COc1ccc2oc(-c3cccc(NC(=S)NC(=O)c4cccc(Br)c4)c3)nc2c1. The van der Waals surface area contributed by atoms with Gasteiger partial charge in [0.25, 0.3) is 5.91 Å². The molecule has 0 aliphatic rings. The van der Waals surface area contributed by atoms with Crippen LogP contribution in [0.1, 0.15) is 10.4 Å². The summed E-state index contributed by atoms with van der Waals surface area (Å²) in [5.74, 6) is 0.896. The molecule has 30 heavy (non-hydrogen) atoms. The van der Waals surface area contributed by atoms with Crippen LogP contribution in [0.5, 0.6) is 5.75 Å². The van der Waals surface area contributed by atoms with Crippen molar-refractivity contribution in [3.05, 3.63) is 76.8 Å².